The Morgan fingerprint density at radius 2 is 1.67 bits per heavy atom. The zero-order valence-corrected chi connectivity index (χ0v) is 17.1. The molecule has 0 aromatic rings. The highest BCUT2D eigenvalue weighted by molar-refractivity contribution is 7.86. The van der Waals surface area contributed by atoms with E-state index < -0.39 is 10.2 Å². The van der Waals surface area contributed by atoms with Gasteiger partial charge in [0.25, 0.3) is 10.2 Å². The van der Waals surface area contributed by atoms with Crippen LogP contribution in [-0.2, 0) is 10.2 Å². The van der Waals surface area contributed by atoms with Gasteiger partial charge in [0.1, 0.15) is 0 Å². The summed E-state index contributed by atoms with van der Waals surface area (Å²) in [4.78, 5) is 2.43. The molecule has 2 heterocycles. The quantitative estimate of drug-likeness (QED) is 0.689. The van der Waals surface area contributed by atoms with Crippen LogP contribution in [0.3, 0.4) is 0 Å². The van der Waals surface area contributed by atoms with Crippen LogP contribution >= 0.6 is 12.4 Å². The van der Waals surface area contributed by atoms with E-state index in [2.05, 4.69) is 17.1 Å². The fourth-order valence-corrected chi connectivity index (χ4v) is 5.44. The monoisotopic (exact) mass is 382 g/mol. The maximum absolute atomic E-state index is 12.8. The highest BCUT2D eigenvalue weighted by Gasteiger charge is 2.35. The average Bonchev–Trinajstić information content (AvgIpc) is 2.94. The topological polar surface area (TPSA) is 55.9 Å². The number of halogens is 1. The molecule has 1 atom stereocenters. The number of nitrogens with one attached hydrogen (secondary N) is 1. The molecule has 2 aliphatic heterocycles. The van der Waals surface area contributed by atoms with Crippen LogP contribution in [0.25, 0.3) is 0 Å². The minimum Gasteiger partial charge on any atom is -0.316 e. The molecule has 8 heteroatoms. The highest BCUT2D eigenvalue weighted by atomic mass is 35.5. The summed E-state index contributed by atoms with van der Waals surface area (Å²) in [5.74, 6) is 0. The Morgan fingerprint density at radius 1 is 1.08 bits per heavy atom. The van der Waals surface area contributed by atoms with Gasteiger partial charge in [-0.05, 0) is 31.2 Å². The van der Waals surface area contributed by atoms with Gasteiger partial charge in [-0.2, -0.15) is 17.0 Å². The number of hydrogen-bond acceptors (Lipinski definition) is 4. The van der Waals surface area contributed by atoms with Gasteiger partial charge in [0.15, 0.2) is 0 Å². The highest BCUT2D eigenvalue weighted by Crippen LogP contribution is 2.26. The summed E-state index contributed by atoms with van der Waals surface area (Å²) in [5, 5.41) is 3.44. The Kier molecular flexibility index (Phi) is 8.93. The minimum absolute atomic E-state index is 0. The number of hydrogen-bond donors (Lipinski definition) is 1. The number of piperazine rings is 1. The van der Waals surface area contributed by atoms with Crippen LogP contribution in [0, 0.1) is 5.41 Å². The van der Waals surface area contributed by atoms with Crippen molar-refractivity contribution in [1.82, 2.24) is 18.8 Å². The molecule has 0 aromatic heterocycles. The summed E-state index contributed by atoms with van der Waals surface area (Å²) in [7, 11) is -3.29. The largest absolute Gasteiger partial charge is 0.316 e. The van der Waals surface area contributed by atoms with Gasteiger partial charge in [0.05, 0.1) is 0 Å². The number of rotatable bonds is 8. The third kappa shape index (κ3) is 5.54. The maximum Gasteiger partial charge on any atom is 0.282 e. The third-order valence-corrected chi connectivity index (χ3v) is 7.03. The molecule has 0 spiro atoms. The molecule has 2 saturated heterocycles. The van der Waals surface area contributed by atoms with Crippen molar-refractivity contribution in [3.05, 3.63) is 0 Å². The molecule has 1 N–H and O–H groups in total. The van der Waals surface area contributed by atoms with Crippen LogP contribution < -0.4 is 5.32 Å². The average molecular weight is 383 g/mol. The summed E-state index contributed by atoms with van der Waals surface area (Å²) in [6.07, 6.45) is 2.95. The van der Waals surface area contributed by atoms with Crippen LogP contribution in [0.5, 0.6) is 0 Å². The van der Waals surface area contributed by atoms with E-state index in [1.54, 1.807) is 8.61 Å². The van der Waals surface area contributed by atoms with Crippen molar-refractivity contribution in [2.45, 2.75) is 40.0 Å². The Bertz CT molecular complexity index is 455. The molecule has 0 saturated carbocycles. The second kappa shape index (κ2) is 9.69. The van der Waals surface area contributed by atoms with Crippen molar-refractivity contribution in [2.75, 3.05) is 58.9 Å². The lowest BCUT2D eigenvalue weighted by Gasteiger charge is -2.39. The summed E-state index contributed by atoms with van der Waals surface area (Å²) in [6.45, 7) is 13.8. The van der Waals surface area contributed by atoms with Crippen molar-refractivity contribution in [1.29, 1.82) is 0 Å². The number of nitrogens with zero attached hydrogens (tertiary/aromatic N) is 3. The second-order valence-electron chi connectivity index (χ2n) is 7.32. The summed E-state index contributed by atoms with van der Waals surface area (Å²) >= 11 is 0. The van der Waals surface area contributed by atoms with Crippen LogP contribution in [0.4, 0.5) is 0 Å². The van der Waals surface area contributed by atoms with Crippen molar-refractivity contribution < 1.29 is 8.42 Å². The van der Waals surface area contributed by atoms with E-state index in [4.69, 9.17) is 0 Å². The van der Waals surface area contributed by atoms with E-state index in [0.29, 0.717) is 31.6 Å². The molecule has 0 radical (unpaired) electrons. The van der Waals surface area contributed by atoms with Gasteiger partial charge < -0.3 is 10.2 Å². The normalized spacial score (nSPS) is 26.7. The predicted octanol–water partition coefficient (Wildman–Crippen LogP) is 1.39. The second-order valence-corrected chi connectivity index (χ2v) is 9.25. The lowest BCUT2D eigenvalue weighted by molar-refractivity contribution is 0.129. The molecule has 0 amide bonds. The molecule has 6 nitrogen and oxygen atoms in total. The fraction of sp³-hybridized carbons (Fsp3) is 1.00. The van der Waals surface area contributed by atoms with Gasteiger partial charge in [-0.25, -0.2) is 0 Å². The molecule has 2 rings (SSSR count). The lowest BCUT2D eigenvalue weighted by Crippen LogP contribution is -2.54. The van der Waals surface area contributed by atoms with Crippen LogP contribution in [0.1, 0.15) is 40.0 Å². The van der Waals surface area contributed by atoms with Crippen molar-refractivity contribution in [3.63, 3.8) is 0 Å². The molecule has 1 unspecified atom stereocenters. The molecule has 0 aliphatic carbocycles. The zero-order valence-electron chi connectivity index (χ0n) is 15.5. The van der Waals surface area contributed by atoms with Gasteiger partial charge in [-0.15, -0.1) is 12.4 Å². The zero-order chi connectivity index (χ0) is 16.9. The third-order valence-electron chi connectivity index (χ3n) is 4.99. The lowest BCUT2D eigenvalue weighted by atomic mass is 9.89. The molecule has 2 fully saturated rings. The molecule has 144 valence electrons. The van der Waals surface area contributed by atoms with Gasteiger partial charge in [-0.3, -0.25) is 0 Å². The SMILES string of the molecule is CCCN(CCC)S(=O)(=O)N1CCN(CC2(C)CCNC2)CC1.Cl. The minimum atomic E-state index is -3.29. The van der Waals surface area contributed by atoms with E-state index >= 15 is 0 Å². The first kappa shape index (κ1) is 22.1. The maximum atomic E-state index is 12.8. The van der Waals surface area contributed by atoms with Crippen molar-refractivity contribution in [2.24, 2.45) is 5.41 Å². The van der Waals surface area contributed by atoms with E-state index in [-0.39, 0.29) is 12.4 Å². The van der Waals surface area contributed by atoms with Crippen LogP contribution in [0.2, 0.25) is 0 Å². The summed E-state index contributed by atoms with van der Waals surface area (Å²) in [5.41, 5.74) is 0.345. The fourth-order valence-electron chi connectivity index (χ4n) is 3.67. The van der Waals surface area contributed by atoms with E-state index in [1.807, 2.05) is 13.8 Å². The van der Waals surface area contributed by atoms with Crippen LogP contribution in [0.15, 0.2) is 0 Å². The van der Waals surface area contributed by atoms with Crippen molar-refractivity contribution in [3.8, 4) is 0 Å². The summed E-state index contributed by atoms with van der Waals surface area (Å²) in [6, 6.07) is 0. The van der Waals surface area contributed by atoms with E-state index in [1.165, 1.54) is 6.42 Å². The van der Waals surface area contributed by atoms with E-state index in [9.17, 15) is 8.42 Å². The van der Waals surface area contributed by atoms with Crippen LogP contribution in [-0.4, -0.2) is 80.8 Å². The molecule has 2 aliphatic rings. The Balaban J connectivity index is 0.00000288. The Morgan fingerprint density at radius 3 is 2.12 bits per heavy atom. The molecular weight excluding hydrogens is 348 g/mol. The Labute approximate surface area is 154 Å². The van der Waals surface area contributed by atoms with Gasteiger partial charge >= 0.3 is 0 Å². The first-order valence-electron chi connectivity index (χ1n) is 9.09. The first-order chi connectivity index (χ1) is 10.9. The molecular formula is C16H35ClN4O2S. The van der Waals surface area contributed by atoms with Gasteiger partial charge in [0.2, 0.25) is 0 Å². The molecule has 24 heavy (non-hydrogen) atoms. The van der Waals surface area contributed by atoms with Crippen molar-refractivity contribution >= 4 is 22.6 Å². The van der Waals surface area contributed by atoms with Gasteiger partial charge in [0, 0.05) is 52.4 Å². The first-order valence-corrected chi connectivity index (χ1v) is 10.5. The Hall–Kier alpha value is 0.0800. The van der Waals surface area contributed by atoms with Gasteiger partial charge in [-0.1, -0.05) is 20.8 Å². The standard InChI is InChI=1S/C16H34N4O2S.ClH/c1-4-8-19(9-5-2)23(21,22)20-12-10-18(11-13-20)15-16(3)6-7-17-14-16;/h17H,4-15H2,1-3H3;1H. The smallest absolute Gasteiger partial charge is 0.282 e. The summed E-state index contributed by atoms with van der Waals surface area (Å²) < 4.78 is 28.9. The predicted molar refractivity (Wildman–Crippen MR) is 102 cm³/mol. The van der Waals surface area contributed by atoms with E-state index in [0.717, 1.165) is 45.6 Å². The molecule has 0 aromatic carbocycles. The molecule has 0 bridgehead atoms.